The summed E-state index contributed by atoms with van der Waals surface area (Å²) in [7, 11) is 2.21. The maximum absolute atomic E-state index is 13.0. The summed E-state index contributed by atoms with van der Waals surface area (Å²) in [4.78, 5) is 13.0. The van der Waals surface area contributed by atoms with Crippen molar-refractivity contribution in [1.82, 2.24) is 0 Å². The lowest BCUT2D eigenvalue weighted by Gasteiger charge is -2.37. The number of rotatable bonds is 5. The molecule has 0 bridgehead atoms. The van der Waals surface area contributed by atoms with Crippen molar-refractivity contribution in [2.45, 2.75) is 52.5 Å². The summed E-state index contributed by atoms with van der Waals surface area (Å²) >= 11 is 0. The SMILES string of the molecule is CCCC(C(=O)Nc1c(C)cc(C#N)cc1C)[N+]1(C)CCCC1. The van der Waals surface area contributed by atoms with Crippen LogP contribution >= 0.6 is 0 Å². The molecule has 0 spiro atoms. The lowest BCUT2D eigenvalue weighted by Crippen LogP contribution is -2.55. The van der Waals surface area contributed by atoms with Crippen LogP contribution in [-0.2, 0) is 4.79 Å². The average molecular weight is 314 g/mol. The Morgan fingerprint density at radius 2 is 1.87 bits per heavy atom. The van der Waals surface area contributed by atoms with E-state index in [1.807, 2.05) is 26.0 Å². The Bertz CT molecular complexity index is 601. The van der Waals surface area contributed by atoms with Gasteiger partial charge in [-0.2, -0.15) is 5.26 Å². The smallest absolute Gasteiger partial charge is 0.282 e. The van der Waals surface area contributed by atoms with Crippen molar-refractivity contribution in [2.75, 3.05) is 25.5 Å². The minimum absolute atomic E-state index is 0.0111. The fourth-order valence-corrected chi connectivity index (χ4v) is 3.80. The molecule has 1 heterocycles. The van der Waals surface area contributed by atoms with Crippen LogP contribution in [0, 0.1) is 25.2 Å². The van der Waals surface area contributed by atoms with Gasteiger partial charge >= 0.3 is 0 Å². The van der Waals surface area contributed by atoms with E-state index in [0.29, 0.717) is 5.56 Å². The molecule has 0 aliphatic carbocycles. The third-order valence-electron chi connectivity index (χ3n) is 5.12. The van der Waals surface area contributed by atoms with Crippen LogP contribution in [0.5, 0.6) is 0 Å². The first-order chi connectivity index (χ1) is 10.9. The van der Waals surface area contributed by atoms with Crippen LogP contribution < -0.4 is 5.32 Å². The monoisotopic (exact) mass is 314 g/mol. The summed E-state index contributed by atoms with van der Waals surface area (Å²) in [5.74, 6) is 0.118. The van der Waals surface area contributed by atoms with E-state index in [4.69, 9.17) is 5.26 Å². The maximum atomic E-state index is 13.0. The van der Waals surface area contributed by atoms with Crippen molar-refractivity contribution < 1.29 is 9.28 Å². The van der Waals surface area contributed by atoms with E-state index in [0.717, 1.165) is 47.2 Å². The molecule has 23 heavy (non-hydrogen) atoms. The highest BCUT2D eigenvalue weighted by Gasteiger charge is 2.40. The number of likely N-dealkylation sites (N-methyl/N-ethyl adjacent to an activating group) is 1. The molecular formula is C19H28N3O+. The highest BCUT2D eigenvalue weighted by Crippen LogP contribution is 2.27. The highest BCUT2D eigenvalue weighted by molar-refractivity contribution is 5.95. The number of carbonyl (C=O) groups excluding carboxylic acids is 1. The zero-order valence-electron chi connectivity index (χ0n) is 14.8. The van der Waals surface area contributed by atoms with Crippen LogP contribution in [0.3, 0.4) is 0 Å². The molecule has 4 heteroatoms. The number of quaternary nitrogens is 1. The Hall–Kier alpha value is -1.86. The minimum Gasteiger partial charge on any atom is -0.320 e. The number of aryl methyl sites for hydroxylation is 2. The van der Waals surface area contributed by atoms with Gasteiger partial charge in [0.15, 0.2) is 6.04 Å². The fraction of sp³-hybridized carbons (Fsp3) is 0.579. The molecule has 1 aliphatic rings. The second-order valence-corrected chi connectivity index (χ2v) is 7.02. The molecule has 1 aliphatic heterocycles. The second kappa shape index (κ2) is 7.14. The number of carbonyl (C=O) groups is 1. The third-order valence-corrected chi connectivity index (χ3v) is 5.12. The van der Waals surface area contributed by atoms with Crippen LogP contribution in [0.15, 0.2) is 12.1 Å². The van der Waals surface area contributed by atoms with Crippen molar-refractivity contribution in [2.24, 2.45) is 0 Å². The van der Waals surface area contributed by atoms with E-state index < -0.39 is 0 Å². The molecule has 0 radical (unpaired) electrons. The molecule has 0 saturated carbocycles. The number of nitrogens with zero attached hydrogens (tertiary/aromatic N) is 2. The molecule has 1 fully saturated rings. The Balaban J connectivity index is 2.24. The first-order valence-electron chi connectivity index (χ1n) is 8.57. The van der Waals surface area contributed by atoms with Crippen LogP contribution in [0.25, 0.3) is 0 Å². The van der Waals surface area contributed by atoms with Gasteiger partial charge < -0.3 is 9.80 Å². The molecule has 1 amide bonds. The Kier molecular flexibility index (Phi) is 5.43. The lowest BCUT2D eigenvalue weighted by atomic mass is 10.0. The van der Waals surface area contributed by atoms with Gasteiger partial charge in [0.25, 0.3) is 5.91 Å². The standard InChI is InChI=1S/C19H27N3O/c1-5-8-17(22(4)9-6-7-10-22)19(23)21-18-14(2)11-16(13-20)12-15(18)3/h11-12,17H,5-10H2,1-4H3/p+1. The van der Waals surface area contributed by atoms with Gasteiger partial charge in [-0.1, -0.05) is 6.92 Å². The topological polar surface area (TPSA) is 52.9 Å². The minimum atomic E-state index is 0.0111. The normalized spacial score (nSPS) is 17.5. The van der Waals surface area contributed by atoms with Crippen molar-refractivity contribution in [3.05, 3.63) is 28.8 Å². The van der Waals surface area contributed by atoms with Gasteiger partial charge in [-0.15, -0.1) is 0 Å². The summed E-state index contributed by atoms with van der Waals surface area (Å²) in [5.41, 5.74) is 3.41. The Morgan fingerprint density at radius 1 is 1.30 bits per heavy atom. The van der Waals surface area contributed by atoms with Crippen LogP contribution in [0.1, 0.15) is 49.3 Å². The number of likely N-dealkylation sites (tertiary alicyclic amines) is 1. The zero-order valence-corrected chi connectivity index (χ0v) is 14.8. The van der Waals surface area contributed by atoms with Crippen LogP contribution in [0.4, 0.5) is 5.69 Å². The summed E-state index contributed by atoms with van der Waals surface area (Å²) < 4.78 is 0.855. The van der Waals surface area contributed by atoms with E-state index in [-0.39, 0.29) is 11.9 Å². The van der Waals surface area contributed by atoms with Gasteiger partial charge in [0, 0.05) is 24.9 Å². The number of amides is 1. The van der Waals surface area contributed by atoms with Gasteiger partial charge in [0.2, 0.25) is 0 Å². The Labute approximate surface area is 139 Å². The molecule has 2 rings (SSSR count). The fourth-order valence-electron chi connectivity index (χ4n) is 3.80. The highest BCUT2D eigenvalue weighted by atomic mass is 16.2. The second-order valence-electron chi connectivity index (χ2n) is 7.02. The molecule has 1 aromatic rings. The number of anilines is 1. The number of hydrogen-bond donors (Lipinski definition) is 1. The summed E-state index contributed by atoms with van der Waals surface area (Å²) in [5, 5.41) is 12.2. The molecule has 1 saturated heterocycles. The van der Waals surface area contributed by atoms with Gasteiger partial charge in [-0.25, -0.2) is 0 Å². The number of nitrogens with one attached hydrogen (secondary N) is 1. The van der Waals surface area contributed by atoms with Crippen molar-refractivity contribution in [1.29, 1.82) is 5.26 Å². The van der Waals surface area contributed by atoms with E-state index in [2.05, 4.69) is 25.4 Å². The van der Waals surface area contributed by atoms with Crippen LogP contribution in [0.2, 0.25) is 0 Å². The van der Waals surface area contributed by atoms with E-state index in [1.165, 1.54) is 12.8 Å². The average Bonchev–Trinajstić information content (AvgIpc) is 2.95. The summed E-state index contributed by atoms with van der Waals surface area (Å²) in [6.45, 7) is 8.21. The molecule has 1 atom stereocenters. The van der Waals surface area contributed by atoms with E-state index >= 15 is 0 Å². The van der Waals surface area contributed by atoms with E-state index in [9.17, 15) is 4.79 Å². The molecule has 0 aromatic heterocycles. The third kappa shape index (κ3) is 3.73. The quantitative estimate of drug-likeness (QED) is 0.845. The zero-order chi connectivity index (χ0) is 17.0. The molecule has 4 nitrogen and oxygen atoms in total. The molecular weight excluding hydrogens is 286 g/mol. The van der Waals surface area contributed by atoms with Gasteiger partial charge in [0.1, 0.15) is 0 Å². The predicted octanol–water partition coefficient (Wildman–Crippen LogP) is 3.52. The Morgan fingerprint density at radius 3 is 2.35 bits per heavy atom. The number of benzene rings is 1. The summed E-state index contributed by atoms with van der Waals surface area (Å²) in [6.07, 6.45) is 4.34. The lowest BCUT2D eigenvalue weighted by molar-refractivity contribution is -0.913. The van der Waals surface area contributed by atoms with Gasteiger partial charge in [-0.3, -0.25) is 4.79 Å². The number of hydrogen-bond acceptors (Lipinski definition) is 2. The van der Waals surface area contributed by atoms with Crippen molar-refractivity contribution in [3.63, 3.8) is 0 Å². The van der Waals surface area contributed by atoms with Gasteiger partial charge in [-0.05, 0) is 43.5 Å². The summed E-state index contributed by atoms with van der Waals surface area (Å²) in [6, 6.07) is 5.85. The number of nitriles is 1. The molecule has 1 N–H and O–H groups in total. The van der Waals surface area contributed by atoms with Crippen molar-refractivity contribution in [3.8, 4) is 6.07 Å². The first kappa shape index (κ1) is 17.5. The predicted molar refractivity (Wildman–Crippen MR) is 93.1 cm³/mol. The maximum Gasteiger partial charge on any atom is 0.282 e. The molecule has 1 aromatic carbocycles. The largest absolute Gasteiger partial charge is 0.320 e. The van der Waals surface area contributed by atoms with E-state index in [1.54, 1.807) is 0 Å². The van der Waals surface area contributed by atoms with Gasteiger partial charge in [0.05, 0.1) is 31.8 Å². The molecule has 1 unspecified atom stereocenters. The molecule has 124 valence electrons. The first-order valence-corrected chi connectivity index (χ1v) is 8.57. The van der Waals surface area contributed by atoms with Crippen molar-refractivity contribution >= 4 is 11.6 Å². The van der Waals surface area contributed by atoms with Crippen LogP contribution in [-0.4, -0.2) is 36.6 Å².